The van der Waals surface area contributed by atoms with Gasteiger partial charge in [-0.1, -0.05) is 58.3 Å². The largest absolute Gasteiger partial charge is 0.466 e. The van der Waals surface area contributed by atoms with E-state index in [9.17, 15) is 14.7 Å². The molecule has 33 heavy (non-hydrogen) atoms. The molecule has 0 aromatic heterocycles. The molecule has 7 nitrogen and oxygen atoms in total. The Balaban J connectivity index is 3.40. The fraction of sp³-hybridized carbons (Fsp3) is 0.923. The average molecular weight is 473 g/mol. The van der Waals surface area contributed by atoms with E-state index in [1.165, 1.54) is 44.9 Å². The summed E-state index contributed by atoms with van der Waals surface area (Å²) < 4.78 is 10.4. The minimum absolute atomic E-state index is 0.120. The number of alkyl carbamates (subject to hydrolysis) is 1. The van der Waals surface area contributed by atoms with Crippen LogP contribution in [0.5, 0.6) is 0 Å². The van der Waals surface area contributed by atoms with Crippen molar-refractivity contribution in [2.24, 2.45) is 0 Å². The molecule has 0 bridgehead atoms. The Morgan fingerprint density at radius 1 is 0.848 bits per heavy atom. The zero-order chi connectivity index (χ0) is 24.8. The zero-order valence-corrected chi connectivity index (χ0v) is 21.9. The average Bonchev–Trinajstić information content (AvgIpc) is 2.73. The molecular weight excluding hydrogens is 420 g/mol. The third-order valence-electron chi connectivity index (χ3n) is 5.26. The molecule has 1 unspecified atom stereocenters. The topological polar surface area (TPSA) is 96.9 Å². The van der Waals surface area contributed by atoms with Crippen LogP contribution < -0.4 is 10.6 Å². The fourth-order valence-corrected chi connectivity index (χ4v) is 3.41. The Labute approximate surface area is 202 Å². The van der Waals surface area contributed by atoms with Gasteiger partial charge in [0.15, 0.2) is 0 Å². The van der Waals surface area contributed by atoms with E-state index in [2.05, 4.69) is 17.6 Å². The van der Waals surface area contributed by atoms with Gasteiger partial charge in [-0.05, 0) is 59.4 Å². The van der Waals surface area contributed by atoms with Gasteiger partial charge in [-0.3, -0.25) is 4.79 Å². The van der Waals surface area contributed by atoms with E-state index in [0.717, 1.165) is 32.2 Å². The number of amides is 1. The van der Waals surface area contributed by atoms with E-state index >= 15 is 0 Å². The lowest BCUT2D eigenvalue weighted by molar-refractivity contribution is -0.144. The summed E-state index contributed by atoms with van der Waals surface area (Å²) in [6.45, 7) is 10.00. The molecule has 0 aromatic rings. The predicted molar refractivity (Wildman–Crippen MR) is 134 cm³/mol. The van der Waals surface area contributed by atoms with E-state index in [1.807, 2.05) is 20.8 Å². The first-order valence-corrected chi connectivity index (χ1v) is 13.3. The summed E-state index contributed by atoms with van der Waals surface area (Å²) in [6.07, 6.45) is 13.8. The smallest absolute Gasteiger partial charge is 0.407 e. The Bertz CT molecular complexity index is 480. The minimum Gasteiger partial charge on any atom is -0.466 e. The quantitative estimate of drug-likeness (QED) is 0.151. The molecule has 0 spiro atoms. The van der Waals surface area contributed by atoms with Gasteiger partial charge in [0.25, 0.3) is 0 Å². The van der Waals surface area contributed by atoms with Crippen LogP contribution in [0.1, 0.15) is 118 Å². The molecule has 7 heteroatoms. The summed E-state index contributed by atoms with van der Waals surface area (Å²) in [4.78, 5) is 23.3. The molecule has 0 radical (unpaired) electrons. The number of hydrogen-bond acceptors (Lipinski definition) is 6. The van der Waals surface area contributed by atoms with Crippen LogP contribution in [0.15, 0.2) is 0 Å². The lowest BCUT2D eigenvalue weighted by Gasteiger charge is -2.19. The number of hydrogen-bond donors (Lipinski definition) is 3. The van der Waals surface area contributed by atoms with E-state index in [4.69, 9.17) is 9.47 Å². The maximum absolute atomic E-state index is 11.8. The number of rotatable bonds is 21. The van der Waals surface area contributed by atoms with Crippen molar-refractivity contribution in [3.63, 3.8) is 0 Å². The van der Waals surface area contributed by atoms with Crippen LogP contribution in [0.25, 0.3) is 0 Å². The Kier molecular flexibility index (Phi) is 20.3. The van der Waals surface area contributed by atoms with Crippen LogP contribution in [-0.4, -0.2) is 55.1 Å². The highest BCUT2D eigenvalue weighted by Gasteiger charge is 2.15. The lowest BCUT2D eigenvalue weighted by Crippen LogP contribution is -2.33. The fourth-order valence-electron chi connectivity index (χ4n) is 3.41. The maximum atomic E-state index is 11.8. The van der Waals surface area contributed by atoms with Crippen LogP contribution in [0, 0.1) is 0 Å². The van der Waals surface area contributed by atoms with E-state index in [0.29, 0.717) is 39.0 Å². The Hall–Kier alpha value is -1.34. The summed E-state index contributed by atoms with van der Waals surface area (Å²) in [5.74, 6) is -0.120. The molecule has 196 valence electrons. The number of aliphatic hydroxyl groups is 1. The maximum Gasteiger partial charge on any atom is 0.407 e. The van der Waals surface area contributed by atoms with Crippen molar-refractivity contribution >= 4 is 12.1 Å². The first kappa shape index (κ1) is 31.7. The van der Waals surface area contributed by atoms with Gasteiger partial charge < -0.3 is 25.2 Å². The SMILES string of the molecule is CCCCCCCCCCCC(=O)OCCCC(O)CNCCCCNC(=O)OC(C)(C)C. The first-order valence-electron chi connectivity index (χ1n) is 13.3. The molecule has 0 fully saturated rings. The minimum atomic E-state index is -0.479. The number of carbonyl (C=O) groups excluding carboxylic acids is 2. The van der Waals surface area contributed by atoms with Gasteiger partial charge in [0, 0.05) is 19.5 Å². The number of ether oxygens (including phenoxy) is 2. The molecule has 0 saturated heterocycles. The summed E-state index contributed by atoms with van der Waals surface area (Å²) in [6, 6.07) is 0. The van der Waals surface area contributed by atoms with Gasteiger partial charge in [0.1, 0.15) is 5.60 Å². The molecule has 0 saturated carbocycles. The second-order valence-electron chi connectivity index (χ2n) is 9.93. The summed E-state index contributed by atoms with van der Waals surface area (Å²) >= 11 is 0. The molecule has 3 N–H and O–H groups in total. The molecule has 0 aliphatic heterocycles. The van der Waals surface area contributed by atoms with Crippen LogP contribution in [-0.2, 0) is 14.3 Å². The highest BCUT2D eigenvalue weighted by molar-refractivity contribution is 5.69. The van der Waals surface area contributed by atoms with Gasteiger partial charge in [-0.2, -0.15) is 0 Å². The van der Waals surface area contributed by atoms with Crippen LogP contribution in [0.4, 0.5) is 4.79 Å². The highest BCUT2D eigenvalue weighted by atomic mass is 16.6. The van der Waals surface area contributed by atoms with E-state index < -0.39 is 11.7 Å². The third kappa shape index (κ3) is 25.1. The molecule has 1 amide bonds. The molecular formula is C26H52N2O5. The summed E-state index contributed by atoms with van der Waals surface area (Å²) in [5.41, 5.74) is -0.479. The van der Waals surface area contributed by atoms with Gasteiger partial charge in [-0.15, -0.1) is 0 Å². The Morgan fingerprint density at radius 2 is 1.45 bits per heavy atom. The molecule has 0 aliphatic carbocycles. The van der Waals surface area contributed by atoms with Crippen molar-refractivity contribution in [3.8, 4) is 0 Å². The van der Waals surface area contributed by atoms with Crippen molar-refractivity contribution in [2.75, 3.05) is 26.2 Å². The zero-order valence-electron chi connectivity index (χ0n) is 21.9. The molecule has 0 aromatic carbocycles. The number of carbonyl (C=O) groups is 2. The van der Waals surface area contributed by atoms with Crippen molar-refractivity contribution < 1.29 is 24.2 Å². The van der Waals surface area contributed by atoms with Crippen molar-refractivity contribution in [1.29, 1.82) is 0 Å². The lowest BCUT2D eigenvalue weighted by atomic mass is 10.1. The number of unbranched alkanes of at least 4 members (excludes halogenated alkanes) is 9. The molecule has 1 atom stereocenters. The number of nitrogens with one attached hydrogen (secondary N) is 2. The summed E-state index contributed by atoms with van der Waals surface area (Å²) in [7, 11) is 0. The Morgan fingerprint density at radius 3 is 2.09 bits per heavy atom. The third-order valence-corrected chi connectivity index (χ3v) is 5.26. The second kappa shape index (κ2) is 21.2. The van der Waals surface area contributed by atoms with E-state index in [1.54, 1.807) is 0 Å². The van der Waals surface area contributed by atoms with Crippen molar-refractivity contribution in [1.82, 2.24) is 10.6 Å². The number of esters is 1. The highest BCUT2D eigenvalue weighted by Crippen LogP contribution is 2.11. The summed E-state index contributed by atoms with van der Waals surface area (Å²) in [5, 5.41) is 16.0. The van der Waals surface area contributed by atoms with Gasteiger partial charge in [0.2, 0.25) is 0 Å². The van der Waals surface area contributed by atoms with Gasteiger partial charge >= 0.3 is 12.1 Å². The predicted octanol–water partition coefficient (Wildman–Crippen LogP) is 5.49. The van der Waals surface area contributed by atoms with Gasteiger partial charge in [-0.25, -0.2) is 4.79 Å². The number of aliphatic hydroxyl groups excluding tert-OH is 1. The van der Waals surface area contributed by atoms with Crippen LogP contribution >= 0.6 is 0 Å². The van der Waals surface area contributed by atoms with E-state index in [-0.39, 0.29) is 12.1 Å². The van der Waals surface area contributed by atoms with Crippen LogP contribution in [0.3, 0.4) is 0 Å². The second-order valence-corrected chi connectivity index (χ2v) is 9.93. The van der Waals surface area contributed by atoms with Crippen molar-refractivity contribution in [3.05, 3.63) is 0 Å². The standard InChI is InChI=1S/C26H52N2O5/c1-5-6-7-8-9-10-11-12-13-18-24(30)32-21-16-17-23(29)22-27-19-14-15-20-28-25(31)33-26(2,3)4/h23,27,29H,5-22H2,1-4H3,(H,28,31). The van der Waals surface area contributed by atoms with Crippen molar-refractivity contribution in [2.45, 2.75) is 129 Å². The molecule has 0 rings (SSSR count). The monoisotopic (exact) mass is 472 g/mol. The molecule has 0 heterocycles. The molecule has 0 aliphatic rings. The first-order chi connectivity index (χ1) is 15.7. The van der Waals surface area contributed by atoms with Gasteiger partial charge in [0.05, 0.1) is 12.7 Å². The van der Waals surface area contributed by atoms with Crippen LogP contribution in [0.2, 0.25) is 0 Å². The normalized spacial score (nSPS) is 12.4.